The molecule has 0 fully saturated rings. The lowest BCUT2D eigenvalue weighted by molar-refractivity contribution is 1.14. The number of hydrogen-bond acceptors (Lipinski definition) is 5. The molecule has 290 valence electrons. The van der Waals surface area contributed by atoms with Crippen molar-refractivity contribution in [1.82, 2.24) is 24.5 Å². The second-order valence-electron chi connectivity index (χ2n) is 15.4. The number of aromatic nitrogens is 5. The van der Waals surface area contributed by atoms with Crippen molar-refractivity contribution in [1.29, 1.82) is 0 Å². The zero-order valence-corrected chi connectivity index (χ0v) is 34.2. The minimum absolute atomic E-state index is 0.621. The van der Waals surface area contributed by atoms with Gasteiger partial charge < -0.3 is 4.57 Å². The summed E-state index contributed by atoms with van der Waals surface area (Å²) in [5.41, 5.74) is 12.4. The number of nitrogens with zero attached hydrogens (tertiary/aromatic N) is 5. The van der Waals surface area contributed by atoms with E-state index < -0.39 is 0 Å². The average Bonchev–Trinajstić information content (AvgIpc) is 3.88. The third-order valence-corrected chi connectivity index (χ3v) is 12.8. The molecule has 0 spiro atoms. The van der Waals surface area contributed by atoms with E-state index in [1.807, 2.05) is 59.9 Å². The molecule has 0 aliphatic rings. The molecule has 4 aromatic heterocycles. The number of benzene rings is 8. The number of para-hydroxylation sites is 1. The Morgan fingerprint density at radius 2 is 0.806 bits per heavy atom. The first-order valence-electron chi connectivity index (χ1n) is 20.7. The van der Waals surface area contributed by atoms with E-state index >= 15 is 0 Å². The molecule has 4 heterocycles. The number of fused-ring (bicyclic) bond motifs is 6. The Balaban J connectivity index is 1.17. The van der Waals surface area contributed by atoms with Gasteiger partial charge in [-0.1, -0.05) is 164 Å². The van der Waals surface area contributed by atoms with E-state index in [1.165, 1.54) is 30.9 Å². The summed E-state index contributed by atoms with van der Waals surface area (Å²) in [6, 6.07) is 74.2. The van der Waals surface area contributed by atoms with Crippen LogP contribution < -0.4 is 0 Å². The van der Waals surface area contributed by atoms with Crippen LogP contribution in [0.4, 0.5) is 0 Å². The number of hydrogen-bond donors (Lipinski definition) is 0. The minimum Gasteiger partial charge on any atom is -0.308 e. The molecule has 0 amide bonds. The van der Waals surface area contributed by atoms with Crippen LogP contribution in [-0.4, -0.2) is 24.5 Å². The van der Waals surface area contributed by atoms with E-state index in [0.29, 0.717) is 11.6 Å². The van der Waals surface area contributed by atoms with Gasteiger partial charge in [0.15, 0.2) is 11.6 Å². The summed E-state index contributed by atoms with van der Waals surface area (Å²) in [7, 11) is 0. The summed E-state index contributed by atoms with van der Waals surface area (Å²) in [5.74, 6) is 1.28. The van der Waals surface area contributed by atoms with Crippen molar-refractivity contribution < 1.29 is 0 Å². The fourth-order valence-electron chi connectivity index (χ4n) is 8.67. The van der Waals surface area contributed by atoms with Gasteiger partial charge in [-0.3, -0.25) is 0 Å². The van der Waals surface area contributed by atoms with Crippen LogP contribution >= 0.6 is 11.3 Å². The van der Waals surface area contributed by atoms with E-state index in [0.717, 1.165) is 72.9 Å². The molecule has 5 nitrogen and oxygen atoms in total. The van der Waals surface area contributed by atoms with Gasteiger partial charge in [-0.15, -0.1) is 11.3 Å². The van der Waals surface area contributed by atoms with E-state index in [4.69, 9.17) is 19.9 Å². The summed E-state index contributed by atoms with van der Waals surface area (Å²) in [5, 5.41) is 4.91. The van der Waals surface area contributed by atoms with E-state index in [-0.39, 0.29) is 0 Å². The summed E-state index contributed by atoms with van der Waals surface area (Å²) >= 11 is 1.85. The molecule has 62 heavy (non-hydrogen) atoms. The molecule has 0 N–H and O–H groups in total. The SMILES string of the molecule is c1ccc(-c2cc(-c3ccc(-n4c5ccccc5c5cc6sc7ccccc7c6cc54)c(-c4nc(-c5ccccc5)cc(-c5ccccc5)n4)c3)nc(-c3ccccc3)n2)cc1. The second kappa shape index (κ2) is 14.9. The van der Waals surface area contributed by atoms with Crippen molar-refractivity contribution >= 4 is 53.3 Å². The van der Waals surface area contributed by atoms with Gasteiger partial charge in [0.25, 0.3) is 0 Å². The molecule has 0 radical (unpaired) electrons. The highest BCUT2D eigenvalue weighted by Crippen LogP contribution is 2.43. The van der Waals surface area contributed by atoms with Gasteiger partial charge in [0.05, 0.1) is 39.5 Å². The maximum Gasteiger partial charge on any atom is 0.162 e. The Kier molecular flexibility index (Phi) is 8.61. The van der Waals surface area contributed by atoms with Crippen molar-refractivity contribution in [3.63, 3.8) is 0 Å². The first-order chi connectivity index (χ1) is 30.7. The van der Waals surface area contributed by atoms with Crippen molar-refractivity contribution in [2.24, 2.45) is 0 Å². The molecule has 6 heteroatoms. The van der Waals surface area contributed by atoms with Crippen molar-refractivity contribution in [3.8, 4) is 73.5 Å². The Morgan fingerprint density at radius 1 is 0.306 bits per heavy atom. The standard InChI is InChI=1S/C56H35N5S/c1-5-17-36(18-6-1)46-35-49(58-55(57-46)39-23-11-4-12-24-39)40-29-30-51(45(31-40)56-59-47(37-19-7-2-8-20-37)34-48(60-56)38-21-9-3-10-22-38)61-50-27-15-13-25-41(50)43-33-54-44(32-52(43)61)42-26-14-16-28-53(42)62-54/h1-35H. The molecular formula is C56H35N5S. The monoisotopic (exact) mass is 809 g/mol. The Hall–Kier alpha value is -8.06. The van der Waals surface area contributed by atoms with Gasteiger partial charge in [-0.2, -0.15) is 0 Å². The highest BCUT2D eigenvalue weighted by molar-refractivity contribution is 7.25. The Labute approximate surface area is 361 Å². The lowest BCUT2D eigenvalue weighted by atomic mass is 10.0. The zero-order valence-electron chi connectivity index (χ0n) is 33.4. The molecular weight excluding hydrogens is 775 g/mol. The van der Waals surface area contributed by atoms with Gasteiger partial charge in [0.1, 0.15) is 0 Å². The number of thiophene rings is 1. The maximum atomic E-state index is 5.42. The van der Waals surface area contributed by atoms with Crippen LogP contribution in [0.1, 0.15) is 0 Å². The van der Waals surface area contributed by atoms with Gasteiger partial charge in [-0.05, 0) is 48.5 Å². The second-order valence-corrected chi connectivity index (χ2v) is 16.5. The van der Waals surface area contributed by atoms with Crippen LogP contribution in [0.15, 0.2) is 212 Å². The highest BCUT2D eigenvalue weighted by atomic mass is 32.1. The van der Waals surface area contributed by atoms with Crippen molar-refractivity contribution in [3.05, 3.63) is 212 Å². The fourth-order valence-corrected chi connectivity index (χ4v) is 9.79. The smallest absolute Gasteiger partial charge is 0.162 e. The molecule has 0 unspecified atom stereocenters. The topological polar surface area (TPSA) is 56.5 Å². The third kappa shape index (κ3) is 6.24. The predicted molar refractivity (Wildman–Crippen MR) is 257 cm³/mol. The van der Waals surface area contributed by atoms with Crippen LogP contribution in [0, 0.1) is 0 Å². The van der Waals surface area contributed by atoms with Crippen LogP contribution in [0.5, 0.6) is 0 Å². The normalized spacial score (nSPS) is 11.5. The Morgan fingerprint density at radius 3 is 1.42 bits per heavy atom. The molecule has 0 aliphatic heterocycles. The molecule has 8 aromatic carbocycles. The Bertz CT molecular complexity index is 3500. The summed E-state index contributed by atoms with van der Waals surface area (Å²) in [6.07, 6.45) is 0. The van der Waals surface area contributed by atoms with Crippen LogP contribution in [0.3, 0.4) is 0 Å². The molecule has 12 aromatic rings. The predicted octanol–water partition coefficient (Wildman–Crippen LogP) is 14.7. The van der Waals surface area contributed by atoms with Crippen molar-refractivity contribution in [2.45, 2.75) is 0 Å². The average molecular weight is 810 g/mol. The summed E-state index contributed by atoms with van der Waals surface area (Å²) < 4.78 is 4.96. The highest BCUT2D eigenvalue weighted by Gasteiger charge is 2.22. The summed E-state index contributed by atoms with van der Waals surface area (Å²) in [6.45, 7) is 0. The first-order valence-corrected chi connectivity index (χ1v) is 21.5. The lowest BCUT2D eigenvalue weighted by Crippen LogP contribution is -2.03. The van der Waals surface area contributed by atoms with E-state index in [1.54, 1.807) is 0 Å². The molecule has 0 saturated heterocycles. The van der Waals surface area contributed by atoms with Crippen LogP contribution in [0.25, 0.3) is 115 Å². The minimum atomic E-state index is 0.621. The lowest BCUT2D eigenvalue weighted by Gasteiger charge is -2.17. The molecule has 0 saturated carbocycles. The van der Waals surface area contributed by atoms with Gasteiger partial charge >= 0.3 is 0 Å². The van der Waals surface area contributed by atoms with E-state index in [9.17, 15) is 0 Å². The van der Waals surface area contributed by atoms with Crippen LogP contribution in [0.2, 0.25) is 0 Å². The maximum absolute atomic E-state index is 5.42. The molecule has 12 rings (SSSR count). The summed E-state index contributed by atoms with van der Waals surface area (Å²) in [4.78, 5) is 21.2. The molecule has 0 bridgehead atoms. The quantitative estimate of drug-likeness (QED) is 0.161. The van der Waals surface area contributed by atoms with Gasteiger partial charge in [0.2, 0.25) is 0 Å². The third-order valence-electron chi connectivity index (χ3n) is 11.6. The largest absolute Gasteiger partial charge is 0.308 e. The van der Waals surface area contributed by atoms with Crippen molar-refractivity contribution in [2.75, 3.05) is 0 Å². The van der Waals surface area contributed by atoms with Crippen LogP contribution in [-0.2, 0) is 0 Å². The zero-order chi connectivity index (χ0) is 41.0. The van der Waals surface area contributed by atoms with E-state index in [2.05, 4.69) is 168 Å². The molecule has 0 atom stereocenters. The molecule has 0 aliphatic carbocycles. The van der Waals surface area contributed by atoms with Gasteiger partial charge in [-0.25, -0.2) is 19.9 Å². The number of rotatable bonds is 7. The van der Waals surface area contributed by atoms with Gasteiger partial charge in [0, 0.05) is 64.3 Å². The fraction of sp³-hybridized carbons (Fsp3) is 0. The first kappa shape index (κ1) is 35.8.